The second-order valence-electron chi connectivity index (χ2n) is 10.8. The van der Waals surface area contributed by atoms with Crippen LogP contribution in [0.15, 0.2) is 42.0 Å². The van der Waals surface area contributed by atoms with Crippen molar-refractivity contribution in [1.82, 2.24) is 0 Å². The number of aromatic hydroxyl groups is 3. The molecule has 0 fully saturated rings. The third-order valence-electron chi connectivity index (χ3n) is 7.03. The molecule has 1 aliphatic rings. The number of fused-ring (bicyclic) bond motifs is 2. The van der Waals surface area contributed by atoms with Crippen LogP contribution in [0.4, 0.5) is 17.1 Å². The number of carbonyl (C=O) groups is 1. The van der Waals surface area contributed by atoms with Crippen molar-refractivity contribution in [3.05, 3.63) is 47.5 Å². The molecule has 0 saturated carbocycles. The van der Waals surface area contributed by atoms with Gasteiger partial charge in [-0.1, -0.05) is 17.7 Å². The van der Waals surface area contributed by atoms with Gasteiger partial charge in [-0.15, -0.1) is 0 Å². The number of benzene rings is 2. The van der Waals surface area contributed by atoms with E-state index in [1.54, 1.807) is 12.1 Å². The molecule has 2 aromatic carbocycles. The first kappa shape index (κ1) is 29.2. The Kier molecular flexibility index (Phi) is 8.62. The molecule has 10 heteroatoms. The van der Waals surface area contributed by atoms with Gasteiger partial charge in [0.25, 0.3) is 5.91 Å². The minimum atomic E-state index is -1.47. The monoisotopic (exact) mass is 530 g/mol. The van der Waals surface area contributed by atoms with Crippen LogP contribution in [-0.4, -0.2) is 71.6 Å². The van der Waals surface area contributed by atoms with Crippen LogP contribution in [-0.2, 0) is 0 Å². The Hall–Kier alpha value is -3.31. The lowest BCUT2D eigenvalue weighted by Gasteiger charge is -2.32. The summed E-state index contributed by atoms with van der Waals surface area (Å²) in [5.41, 5.74) is -1.26. The van der Waals surface area contributed by atoms with E-state index in [0.717, 1.165) is 11.6 Å². The zero-order chi connectivity index (χ0) is 28.4. The molecule has 0 radical (unpaired) electrons. The summed E-state index contributed by atoms with van der Waals surface area (Å²) >= 11 is 0. The SMILES string of the molecule is C/C(=C\CN1C(=O)c2cccc(O)c2Nc2c(O)cc(O)cc21)CCC(O)C(C)(O)CCC(O)C(C)(C)O. The molecule has 1 aliphatic heterocycles. The van der Waals surface area contributed by atoms with Crippen LogP contribution < -0.4 is 10.2 Å². The molecular weight excluding hydrogens is 492 g/mol. The highest BCUT2D eigenvalue weighted by atomic mass is 16.3. The van der Waals surface area contributed by atoms with Crippen molar-refractivity contribution in [3.8, 4) is 17.2 Å². The summed E-state index contributed by atoms with van der Waals surface area (Å²) in [5.74, 6) is -1.16. The second kappa shape index (κ2) is 11.2. The van der Waals surface area contributed by atoms with E-state index < -0.39 is 29.3 Å². The van der Waals surface area contributed by atoms with Gasteiger partial charge in [-0.25, -0.2) is 0 Å². The zero-order valence-corrected chi connectivity index (χ0v) is 22.1. The van der Waals surface area contributed by atoms with Gasteiger partial charge in [-0.05, 0) is 65.5 Å². The minimum absolute atomic E-state index is 0.0710. The number of aliphatic hydroxyl groups is 4. The lowest BCUT2D eigenvalue weighted by Crippen LogP contribution is -2.42. The van der Waals surface area contributed by atoms with Crippen LogP contribution in [0.1, 0.15) is 63.7 Å². The lowest BCUT2D eigenvalue weighted by molar-refractivity contribution is -0.0946. The van der Waals surface area contributed by atoms with Crippen LogP contribution >= 0.6 is 0 Å². The number of phenolic OH excluding ortho intramolecular Hbond substituents is 3. The first-order valence-electron chi connectivity index (χ1n) is 12.5. The maximum absolute atomic E-state index is 13.5. The van der Waals surface area contributed by atoms with Gasteiger partial charge in [0.15, 0.2) is 0 Å². The van der Waals surface area contributed by atoms with Crippen molar-refractivity contribution in [1.29, 1.82) is 0 Å². The fraction of sp³-hybridized carbons (Fsp3) is 0.464. The average molecular weight is 531 g/mol. The highest BCUT2D eigenvalue weighted by Crippen LogP contribution is 2.45. The summed E-state index contributed by atoms with van der Waals surface area (Å²) in [5, 5.41) is 75.0. The molecule has 2 aromatic rings. The molecule has 0 bridgehead atoms. The Morgan fingerprint density at radius 1 is 1.00 bits per heavy atom. The minimum Gasteiger partial charge on any atom is -0.508 e. The highest BCUT2D eigenvalue weighted by Gasteiger charge is 2.34. The summed E-state index contributed by atoms with van der Waals surface area (Å²) in [4.78, 5) is 14.8. The van der Waals surface area contributed by atoms with Crippen molar-refractivity contribution in [2.45, 2.75) is 76.8 Å². The zero-order valence-electron chi connectivity index (χ0n) is 22.1. The largest absolute Gasteiger partial charge is 0.508 e. The summed E-state index contributed by atoms with van der Waals surface area (Å²) < 4.78 is 0. The van der Waals surface area contributed by atoms with Crippen molar-refractivity contribution < 1.29 is 40.5 Å². The van der Waals surface area contributed by atoms with Crippen molar-refractivity contribution >= 4 is 23.0 Å². The number of carbonyl (C=O) groups excluding carboxylic acids is 1. The van der Waals surface area contributed by atoms with Crippen LogP contribution in [0.25, 0.3) is 0 Å². The molecule has 1 amide bonds. The van der Waals surface area contributed by atoms with E-state index in [1.807, 2.05) is 6.92 Å². The molecule has 10 nitrogen and oxygen atoms in total. The molecule has 3 rings (SSSR count). The number of anilines is 3. The Balaban J connectivity index is 1.75. The van der Waals surface area contributed by atoms with Crippen LogP contribution in [0, 0.1) is 0 Å². The van der Waals surface area contributed by atoms with Gasteiger partial charge in [0.1, 0.15) is 22.9 Å². The second-order valence-corrected chi connectivity index (χ2v) is 10.8. The van der Waals surface area contributed by atoms with Crippen molar-refractivity contribution in [2.75, 3.05) is 16.8 Å². The molecule has 0 aliphatic carbocycles. The number of hydrogen-bond acceptors (Lipinski definition) is 9. The number of hydrogen-bond donors (Lipinski definition) is 8. The van der Waals surface area contributed by atoms with Crippen LogP contribution in [0.3, 0.4) is 0 Å². The number of nitrogens with one attached hydrogen (secondary N) is 1. The molecule has 38 heavy (non-hydrogen) atoms. The number of nitrogens with zero attached hydrogens (tertiary/aromatic N) is 1. The van der Waals surface area contributed by atoms with Gasteiger partial charge in [0, 0.05) is 18.7 Å². The maximum atomic E-state index is 13.5. The summed E-state index contributed by atoms with van der Waals surface area (Å²) in [6.45, 7) is 6.33. The molecule has 3 unspecified atom stereocenters. The van der Waals surface area contributed by atoms with E-state index in [4.69, 9.17) is 0 Å². The summed E-state index contributed by atoms with van der Waals surface area (Å²) in [7, 11) is 0. The van der Waals surface area contributed by atoms with Gasteiger partial charge in [0.05, 0.1) is 40.3 Å². The first-order valence-corrected chi connectivity index (χ1v) is 12.5. The molecule has 0 saturated heterocycles. The van der Waals surface area contributed by atoms with E-state index in [1.165, 1.54) is 43.9 Å². The fourth-order valence-corrected chi connectivity index (χ4v) is 4.32. The van der Waals surface area contributed by atoms with E-state index in [0.29, 0.717) is 6.42 Å². The molecule has 8 N–H and O–H groups in total. The molecule has 3 atom stereocenters. The van der Waals surface area contributed by atoms with Crippen molar-refractivity contribution in [3.63, 3.8) is 0 Å². The quantitative estimate of drug-likeness (QED) is 0.130. The molecular formula is C28H38N2O8. The Labute approximate surface area is 222 Å². The normalized spacial score (nSPS) is 17.1. The fourth-order valence-electron chi connectivity index (χ4n) is 4.32. The van der Waals surface area contributed by atoms with Gasteiger partial charge in [-0.2, -0.15) is 0 Å². The van der Waals surface area contributed by atoms with E-state index in [2.05, 4.69) is 5.32 Å². The van der Waals surface area contributed by atoms with E-state index in [-0.39, 0.29) is 65.7 Å². The maximum Gasteiger partial charge on any atom is 0.260 e. The number of rotatable bonds is 10. The highest BCUT2D eigenvalue weighted by molar-refractivity contribution is 6.15. The van der Waals surface area contributed by atoms with Crippen molar-refractivity contribution in [2.24, 2.45) is 0 Å². The van der Waals surface area contributed by atoms with E-state index in [9.17, 15) is 40.5 Å². The molecule has 0 spiro atoms. The Morgan fingerprint density at radius 3 is 2.34 bits per heavy atom. The smallest absolute Gasteiger partial charge is 0.260 e. The lowest BCUT2D eigenvalue weighted by atomic mass is 9.86. The summed E-state index contributed by atoms with van der Waals surface area (Å²) in [6, 6.07) is 6.98. The number of allylic oxidation sites excluding steroid dienone is 1. The topological polar surface area (TPSA) is 174 Å². The van der Waals surface area contributed by atoms with Crippen LogP contribution in [0.2, 0.25) is 0 Å². The number of phenols is 3. The Morgan fingerprint density at radius 2 is 1.68 bits per heavy atom. The van der Waals surface area contributed by atoms with Gasteiger partial charge >= 0.3 is 0 Å². The Bertz CT molecular complexity index is 1200. The third kappa shape index (κ3) is 6.57. The molecule has 0 aromatic heterocycles. The summed E-state index contributed by atoms with van der Waals surface area (Å²) in [6.07, 6.45) is 0.470. The molecule has 208 valence electrons. The number of para-hydroxylation sites is 1. The van der Waals surface area contributed by atoms with E-state index >= 15 is 0 Å². The van der Waals surface area contributed by atoms with Gasteiger partial charge in [0.2, 0.25) is 0 Å². The van der Waals surface area contributed by atoms with Gasteiger partial charge < -0.3 is 46.0 Å². The average Bonchev–Trinajstić information content (AvgIpc) is 2.94. The third-order valence-corrected chi connectivity index (χ3v) is 7.03. The van der Waals surface area contributed by atoms with Gasteiger partial charge in [-0.3, -0.25) is 4.79 Å². The predicted octanol–water partition coefficient (Wildman–Crippen LogP) is 3.26. The first-order chi connectivity index (χ1) is 17.6. The number of amides is 1. The number of aliphatic hydroxyl groups excluding tert-OH is 2. The predicted molar refractivity (Wildman–Crippen MR) is 144 cm³/mol. The standard InChI is InChI=1S/C28H38N2O8/c1-16(8-9-23(35)28(4,38)12-10-22(34)27(2,3)37)11-13-30-19-14-17(31)15-21(33)25(19)29-24-18(26(30)36)6-5-7-20(24)32/h5-7,11,14-15,22-23,29,31-35,37-38H,8-10,12-13H2,1-4H3/b16-11+. The molecule has 1 heterocycles. The van der Waals surface area contributed by atoms with Crippen LogP contribution in [0.5, 0.6) is 17.2 Å².